The highest BCUT2D eigenvalue weighted by Gasteiger charge is 2.26. The molecule has 2 aromatic heterocycles. The number of aromatic nitrogens is 1. The molecule has 0 bridgehead atoms. The summed E-state index contributed by atoms with van der Waals surface area (Å²) in [6.45, 7) is 2.08. The number of hydrogen-bond acceptors (Lipinski definition) is 6. The maximum absolute atomic E-state index is 12.8. The van der Waals surface area contributed by atoms with Gasteiger partial charge in [-0.05, 0) is 36.4 Å². The second-order valence-corrected chi connectivity index (χ2v) is 7.38. The zero-order valence-electron chi connectivity index (χ0n) is 17.9. The van der Waals surface area contributed by atoms with E-state index in [1.165, 1.54) is 0 Å². The fourth-order valence-electron chi connectivity index (χ4n) is 3.54. The van der Waals surface area contributed by atoms with E-state index < -0.39 is 0 Å². The number of pyridine rings is 1. The lowest BCUT2D eigenvalue weighted by Crippen LogP contribution is -2.51. The summed E-state index contributed by atoms with van der Waals surface area (Å²) in [6.07, 6.45) is 1.95. The molecule has 0 saturated carbocycles. The summed E-state index contributed by atoms with van der Waals surface area (Å²) in [7, 11) is 1.58. The third-order valence-electron chi connectivity index (χ3n) is 5.29. The van der Waals surface area contributed by atoms with Crippen LogP contribution in [0.4, 0.5) is 0 Å². The van der Waals surface area contributed by atoms with Crippen molar-refractivity contribution in [3.8, 4) is 11.5 Å². The first-order valence-corrected chi connectivity index (χ1v) is 10.5. The Morgan fingerprint density at radius 3 is 2.38 bits per heavy atom. The fourth-order valence-corrected chi connectivity index (χ4v) is 3.54. The van der Waals surface area contributed by atoms with Gasteiger partial charge in [-0.15, -0.1) is 0 Å². The third-order valence-corrected chi connectivity index (χ3v) is 5.29. The number of carbonyl (C=O) groups excluding carboxylic acids is 2. The molecule has 1 fully saturated rings. The molecule has 8 heteroatoms. The molecule has 0 unspecified atom stereocenters. The van der Waals surface area contributed by atoms with E-state index in [-0.39, 0.29) is 30.6 Å². The molecular formula is C24H25N3O5. The Hall–Kier alpha value is -3.81. The van der Waals surface area contributed by atoms with Crippen LogP contribution in [0.1, 0.15) is 22.0 Å². The molecule has 0 atom stereocenters. The molecule has 2 amide bonds. The second kappa shape index (κ2) is 10.00. The number of rotatable bonds is 7. The van der Waals surface area contributed by atoms with Gasteiger partial charge in [0.2, 0.25) is 5.91 Å². The van der Waals surface area contributed by atoms with Gasteiger partial charge in [-0.1, -0.05) is 18.2 Å². The highest BCUT2D eigenvalue weighted by atomic mass is 16.5. The molecule has 8 nitrogen and oxygen atoms in total. The summed E-state index contributed by atoms with van der Waals surface area (Å²) in [5.74, 6) is 1.87. The summed E-state index contributed by atoms with van der Waals surface area (Å²) in [4.78, 5) is 33.0. The summed E-state index contributed by atoms with van der Waals surface area (Å²) in [6, 6.07) is 16.3. The number of hydrogen-bond donors (Lipinski definition) is 0. The summed E-state index contributed by atoms with van der Waals surface area (Å²) in [5.41, 5.74) is 0.745. The second-order valence-electron chi connectivity index (χ2n) is 7.38. The van der Waals surface area contributed by atoms with E-state index in [2.05, 4.69) is 4.98 Å². The Bertz CT molecular complexity index is 1060. The first-order chi connectivity index (χ1) is 15.6. The minimum absolute atomic E-state index is 0.0181. The van der Waals surface area contributed by atoms with Gasteiger partial charge in [0.15, 0.2) is 17.3 Å². The molecule has 166 valence electrons. The number of nitrogens with zero attached hydrogens (tertiary/aromatic N) is 3. The van der Waals surface area contributed by atoms with Crippen LogP contribution in [0.2, 0.25) is 0 Å². The summed E-state index contributed by atoms with van der Waals surface area (Å²) < 4.78 is 16.7. The van der Waals surface area contributed by atoms with Crippen molar-refractivity contribution in [2.75, 3.05) is 33.3 Å². The number of methoxy groups -OCH3 is 1. The van der Waals surface area contributed by atoms with E-state index in [0.717, 1.165) is 5.69 Å². The normalized spacial score (nSPS) is 13.7. The lowest BCUT2D eigenvalue weighted by Gasteiger charge is -2.34. The predicted octanol–water partition coefficient (Wildman–Crippen LogP) is 2.79. The summed E-state index contributed by atoms with van der Waals surface area (Å²) >= 11 is 0. The smallest absolute Gasteiger partial charge is 0.289 e. The van der Waals surface area contributed by atoms with Gasteiger partial charge < -0.3 is 23.7 Å². The van der Waals surface area contributed by atoms with Gasteiger partial charge in [0, 0.05) is 38.1 Å². The fraction of sp³-hybridized carbons (Fsp3) is 0.292. The number of para-hydroxylation sites is 2. The maximum atomic E-state index is 12.8. The van der Waals surface area contributed by atoms with E-state index >= 15 is 0 Å². The largest absolute Gasteiger partial charge is 0.493 e. The average molecular weight is 435 g/mol. The van der Waals surface area contributed by atoms with E-state index in [9.17, 15) is 9.59 Å². The van der Waals surface area contributed by atoms with Crippen LogP contribution < -0.4 is 9.47 Å². The Morgan fingerprint density at radius 1 is 0.938 bits per heavy atom. The lowest BCUT2D eigenvalue weighted by atomic mass is 10.2. The van der Waals surface area contributed by atoms with E-state index in [0.29, 0.717) is 43.4 Å². The van der Waals surface area contributed by atoms with Gasteiger partial charge in [-0.2, -0.15) is 0 Å². The molecule has 1 aromatic carbocycles. The standard InChI is InChI=1S/C24H25N3O5/c1-30-20-7-2-3-8-21(20)31-17-19-9-10-22(32-19)24(29)27-14-12-26(13-15-27)23(28)16-18-6-4-5-11-25-18/h2-11H,12-17H2,1H3. The minimum Gasteiger partial charge on any atom is -0.493 e. The lowest BCUT2D eigenvalue weighted by molar-refractivity contribution is -0.132. The zero-order valence-corrected chi connectivity index (χ0v) is 17.9. The number of ether oxygens (including phenoxy) is 2. The SMILES string of the molecule is COc1ccccc1OCc1ccc(C(=O)N2CCN(C(=O)Cc3ccccn3)CC2)o1. The van der Waals surface area contributed by atoms with Crippen molar-refractivity contribution in [1.29, 1.82) is 0 Å². The monoisotopic (exact) mass is 435 g/mol. The van der Waals surface area contributed by atoms with E-state index in [4.69, 9.17) is 13.9 Å². The zero-order chi connectivity index (χ0) is 22.3. The third kappa shape index (κ3) is 5.08. The Morgan fingerprint density at radius 2 is 1.66 bits per heavy atom. The van der Waals surface area contributed by atoms with Gasteiger partial charge in [-0.25, -0.2) is 0 Å². The van der Waals surface area contributed by atoms with Crippen LogP contribution in [0.15, 0.2) is 65.2 Å². The van der Waals surface area contributed by atoms with Crippen LogP contribution in [0, 0.1) is 0 Å². The molecule has 32 heavy (non-hydrogen) atoms. The molecule has 0 N–H and O–H groups in total. The van der Waals surface area contributed by atoms with Crippen molar-refractivity contribution in [3.05, 3.63) is 78.0 Å². The molecule has 0 radical (unpaired) electrons. The molecule has 3 heterocycles. The van der Waals surface area contributed by atoms with Gasteiger partial charge >= 0.3 is 0 Å². The van der Waals surface area contributed by atoms with E-state index in [1.807, 2.05) is 42.5 Å². The number of amides is 2. The summed E-state index contributed by atoms with van der Waals surface area (Å²) in [5, 5.41) is 0. The number of carbonyl (C=O) groups is 2. The Balaban J connectivity index is 1.28. The van der Waals surface area contributed by atoms with Crippen molar-refractivity contribution >= 4 is 11.8 Å². The first-order valence-electron chi connectivity index (χ1n) is 10.5. The molecule has 0 aliphatic carbocycles. The van der Waals surface area contributed by atoms with Gasteiger partial charge in [0.05, 0.1) is 13.5 Å². The highest BCUT2D eigenvalue weighted by molar-refractivity contribution is 5.91. The molecule has 1 aliphatic rings. The van der Waals surface area contributed by atoms with Crippen LogP contribution >= 0.6 is 0 Å². The molecular weight excluding hydrogens is 410 g/mol. The van der Waals surface area contributed by atoms with Crippen LogP contribution in [0.5, 0.6) is 11.5 Å². The highest BCUT2D eigenvalue weighted by Crippen LogP contribution is 2.27. The molecule has 1 saturated heterocycles. The maximum Gasteiger partial charge on any atom is 0.289 e. The molecule has 3 aromatic rings. The van der Waals surface area contributed by atoms with Crippen LogP contribution in [-0.2, 0) is 17.8 Å². The topological polar surface area (TPSA) is 85.1 Å². The van der Waals surface area contributed by atoms with Crippen molar-refractivity contribution in [2.24, 2.45) is 0 Å². The molecule has 0 spiro atoms. The average Bonchev–Trinajstić information content (AvgIpc) is 3.32. The molecule has 1 aliphatic heterocycles. The van der Waals surface area contributed by atoms with Crippen LogP contribution in [0.25, 0.3) is 0 Å². The Labute approximate surface area is 186 Å². The number of furan rings is 1. The van der Waals surface area contributed by atoms with Crippen molar-refractivity contribution in [2.45, 2.75) is 13.0 Å². The van der Waals surface area contributed by atoms with Gasteiger partial charge in [-0.3, -0.25) is 14.6 Å². The van der Waals surface area contributed by atoms with E-state index in [1.54, 1.807) is 35.2 Å². The number of benzene rings is 1. The van der Waals surface area contributed by atoms with Crippen LogP contribution in [-0.4, -0.2) is 59.9 Å². The predicted molar refractivity (Wildman–Crippen MR) is 116 cm³/mol. The quantitative estimate of drug-likeness (QED) is 0.567. The van der Waals surface area contributed by atoms with Gasteiger partial charge in [0.25, 0.3) is 5.91 Å². The number of piperazine rings is 1. The minimum atomic E-state index is -0.189. The first kappa shape index (κ1) is 21.4. The Kier molecular flexibility index (Phi) is 6.69. The molecule has 4 rings (SSSR count). The van der Waals surface area contributed by atoms with Crippen molar-refractivity contribution in [3.63, 3.8) is 0 Å². The van der Waals surface area contributed by atoms with Gasteiger partial charge in [0.1, 0.15) is 12.4 Å². The van der Waals surface area contributed by atoms with Crippen molar-refractivity contribution in [1.82, 2.24) is 14.8 Å². The van der Waals surface area contributed by atoms with Crippen molar-refractivity contribution < 1.29 is 23.5 Å². The van der Waals surface area contributed by atoms with Crippen LogP contribution in [0.3, 0.4) is 0 Å².